The van der Waals surface area contributed by atoms with E-state index in [0.29, 0.717) is 12.2 Å². The third-order valence-electron chi connectivity index (χ3n) is 3.58. The van der Waals surface area contributed by atoms with Gasteiger partial charge in [-0.2, -0.15) is 0 Å². The van der Waals surface area contributed by atoms with Gasteiger partial charge in [-0.1, -0.05) is 60.7 Å². The first-order valence-electron chi connectivity index (χ1n) is 7.36. The van der Waals surface area contributed by atoms with Crippen LogP contribution in [-0.2, 0) is 6.42 Å². The first-order valence-corrected chi connectivity index (χ1v) is 7.36. The molecule has 3 N–H and O–H groups in total. The molecule has 5 nitrogen and oxygen atoms in total. The van der Waals surface area contributed by atoms with E-state index in [2.05, 4.69) is 15.3 Å². The lowest BCUT2D eigenvalue weighted by atomic mass is 10.1. The topological polar surface area (TPSA) is 78.0 Å². The van der Waals surface area contributed by atoms with Crippen LogP contribution < -0.4 is 5.32 Å². The van der Waals surface area contributed by atoms with Crippen LogP contribution in [-0.4, -0.2) is 21.2 Å². The van der Waals surface area contributed by atoms with Crippen LogP contribution in [0.25, 0.3) is 11.3 Å². The maximum Gasteiger partial charge on any atom is 0.405 e. The average molecular weight is 307 g/mol. The molecule has 0 aliphatic heterocycles. The molecule has 0 radical (unpaired) electrons. The van der Waals surface area contributed by atoms with Crippen molar-refractivity contribution in [3.63, 3.8) is 0 Å². The van der Waals surface area contributed by atoms with Gasteiger partial charge in [0.25, 0.3) is 0 Å². The van der Waals surface area contributed by atoms with Gasteiger partial charge < -0.3 is 15.4 Å². The van der Waals surface area contributed by atoms with Gasteiger partial charge in [-0.05, 0) is 5.56 Å². The maximum atomic E-state index is 11.1. The van der Waals surface area contributed by atoms with Crippen molar-refractivity contribution in [2.24, 2.45) is 0 Å². The number of nitrogens with zero attached hydrogens (tertiary/aromatic N) is 1. The van der Waals surface area contributed by atoms with Crippen molar-refractivity contribution in [2.75, 3.05) is 0 Å². The monoisotopic (exact) mass is 307 g/mol. The second-order valence-corrected chi connectivity index (χ2v) is 5.23. The molecule has 1 unspecified atom stereocenters. The Bertz CT molecular complexity index is 769. The molecule has 3 rings (SSSR count). The molecule has 0 aliphatic carbocycles. The molecule has 0 spiro atoms. The molecule has 3 aromatic rings. The predicted molar refractivity (Wildman–Crippen MR) is 88.1 cm³/mol. The van der Waals surface area contributed by atoms with E-state index in [9.17, 15) is 4.79 Å². The van der Waals surface area contributed by atoms with Gasteiger partial charge in [-0.15, -0.1) is 0 Å². The zero-order valence-corrected chi connectivity index (χ0v) is 12.4. The molecule has 1 aromatic heterocycles. The number of hydrogen-bond donors (Lipinski definition) is 3. The van der Waals surface area contributed by atoms with Crippen LogP contribution in [0, 0.1) is 0 Å². The van der Waals surface area contributed by atoms with Crippen LogP contribution in [0.15, 0.2) is 66.9 Å². The third kappa shape index (κ3) is 3.77. The number of imidazole rings is 1. The number of carbonyl (C=O) groups is 1. The standard InChI is InChI=1S/C18H17N3O2/c22-18(23)21-15(11-13-7-3-1-4-8-13)17-19-12-16(20-17)14-9-5-2-6-10-14/h1-10,12,15,21H,11H2,(H,19,20)(H,22,23). The second-order valence-electron chi connectivity index (χ2n) is 5.23. The number of carboxylic acid groups (broad SMARTS) is 1. The van der Waals surface area contributed by atoms with Gasteiger partial charge in [0.1, 0.15) is 5.82 Å². The number of aromatic amines is 1. The number of benzene rings is 2. The summed E-state index contributed by atoms with van der Waals surface area (Å²) in [7, 11) is 0. The van der Waals surface area contributed by atoms with Crippen molar-refractivity contribution in [1.82, 2.24) is 15.3 Å². The Labute approximate surface area is 134 Å². The minimum absolute atomic E-state index is 0.424. The van der Waals surface area contributed by atoms with Crippen molar-refractivity contribution in [3.8, 4) is 11.3 Å². The summed E-state index contributed by atoms with van der Waals surface area (Å²) < 4.78 is 0. The van der Waals surface area contributed by atoms with Crippen LogP contribution in [0.4, 0.5) is 4.79 Å². The first kappa shape index (κ1) is 14.8. The molecule has 1 amide bonds. The van der Waals surface area contributed by atoms with Crippen molar-refractivity contribution in [1.29, 1.82) is 0 Å². The fraction of sp³-hybridized carbons (Fsp3) is 0.111. The summed E-state index contributed by atoms with van der Waals surface area (Å²) in [5, 5.41) is 11.6. The summed E-state index contributed by atoms with van der Waals surface area (Å²) in [4.78, 5) is 18.7. The van der Waals surface area contributed by atoms with Crippen LogP contribution in [0.5, 0.6) is 0 Å². The molecule has 0 aliphatic rings. The number of amides is 1. The molecule has 2 aromatic carbocycles. The number of H-pyrrole nitrogens is 1. The van der Waals surface area contributed by atoms with Gasteiger partial charge in [0.15, 0.2) is 0 Å². The first-order chi connectivity index (χ1) is 11.2. The molecule has 0 fully saturated rings. The number of nitrogens with one attached hydrogen (secondary N) is 2. The SMILES string of the molecule is O=C(O)NC(Cc1ccccc1)c1nc(-c2ccccc2)c[nH]1. The van der Waals surface area contributed by atoms with Crippen molar-refractivity contribution in [3.05, 3.63) is 78.2 Å². The zero-order valence-electron chi connectivity index (χ0n) is 12.4. The molecule has 0 saturated heterocycles. The highest BCUT2D eigenvalue weighted by atomic mass is 16.4. The van der Waals surface area contributed by atoms with E-state index in [1.54, 1.807) is 6.20 Å². The summed E-state index contributed by atoms with van der Waals surface area (Å²) in [6.45, 7) is 0. The highest BCUT2D eigenvalue weighted by Crippen LogP contribution is 2.21. The number of rotatable bonds is 5. The highest BCUT2D eigenvalue weighted by molar-refractivity contribution is 5.65. The van der Waals surface area contributed by atoms with Gasteiger partial charge in [-0.25, -0.2) is 9.78 Å². The zero-order chi connectivity index (χ0) is 16.1. The van der Waals surface area contributed by atoms with Crippen LogP contribution in [0.1, 0.15) is 17.4 Å². The van der Waals surface area contributed by atoms with Crippen molar-refractivity contribution in [2.45, 2.75) is 12.5 Å². The Morgan fingerprint density at radius 2 is 1.74 bits per heavy atom. The van der Waals surface area contributed by atoms with Gasteiger partial charge in [0.05, 0.1) is 11.7 Å². The lowest BCUT2D eigenvalue weighted by molar-refractivity contribution is 0.189. The maximum absolute atomic E-state index is 11.1. The van der Waals surface area contributed by atoms with Crippen LogP contribution >= 0.6 is 0 Å². The third-order valence-corrected chi connectivity index (χ3v) is 3.58. The van der Waals surface area contributed by atoms with E-state index in [0.717, 1.165) is 16.8 Å². The Morgan fingerprint density at radius 3 is 2.39 bits per heavy atom. The lowest BCUT2D eigenvalue weighted by Gasteiger charge is -2.14. The van der Waals surface area contributed by atoms with E-state index < -0.39 is 12.1 Å². The minimum Gasteiger partial charge on any atom is -0.465 e. The summed E-state index contributed by atoms with van der Waals surface area (Å²) >= 11 is 0. The van der Waals surface area contributed by atoms with Gasteiger partial charge in [0.2, 0.25) is 0 Å². The normalized spacial score (nSPS) is 11.8. The summed E-state index contributed by atoms with van der Waals surface area (Å²) in [6.07, 6.45) is 1.27. The van der Waals surface area contributed by atoms with E-state index in [-0.39, 0.29) is 0 Å². The lowest BCUT2D eigenvalue weighted by Crippen LogP contribution is -2.29. The van der Waals surface area contributed by atoms with E-state index in [1.165, 1.54) is 0 Å². The van der Waals surface area contributed by atoms with Crippen LogP contribution in [0.2, 0.25) is 0 Å². The molecule has 0 bridgehead atoms. The summed E-state index contributed by atoms with van der Waals surface area (Å²) in [6, 6.07) is 19.1. The van der Waals surface area contributed by atoms with E-state index in [4.69, 9.17) is 5.11 Å². The largest absolute Gasteiger partial charge is 0.465 e. The summed E-state index contributed by atoms with van der Waals surface area (Å²) in [5.41, 5.74) is 2.83. The summed E-state index contributed by atoms with van der Waals surface area (Å²) in [5.74, 6) is 0.607. The predicted octanol–water partition coefficient (Wildman–Crippen LogP) is 3.63. The molecule has 1 atom stereocenters. The molecule has 5 heteroatoms. The van der Waals surface area contributed by atoms with E-state index in [1.807, 2.05) is 60.7 Å². The molecular formula is C18H17N3O2. The van der Waals surface area contributed by atoms with Crippen molar-refractivity contribution >= 4 is 6.09 Å². The molecule has 23 heavy (non-hydrogen) atoms. The van der Waals surface area contributed by atoms with Gasteiger partial charge in [0, 0.05) is 18.2 Å². The quantitative estimate of drug-likeness (QED) is 0.673. The fourth-order valence-corrected chi connectivity index (χ4v) is 2.49. The number of hydrogen-bond acceptors (Lipinski definition) is 2. The minimum atomic E-state index is -1.07. The smallest absolute Gasteiger partial charge is 0.405 e. The van der Waals surface area contributed by atoms with Crippen molar-refractivity contribution < 1.29 is 9.90 Å². The molecule has 116 valence electrons. The number of aromatic nitrogens is 2. The Hall–Kier alpha value is -3.08. The highest BCUT2D eigenvalue weighted by Gasteiger charge is 2.18. The average Bonchev–Trinajstić information content (AvgIpc) is 3.06. The second kappa shape index (κ2) is 6.79. The fourth-order valence-electron chi connectivity index (χ4n) is 2.49. The Balaban J connectivity index is 1.85. The van der Waals surface area contributed by atoms with E-state index >= 15 is 0 Å². The Kier molecular flexibility index (Phi) is 4.38. The van der Waals surface area contributed by atoms with Gasteiger partial charge >= 0.3 is 6.09 Å². The van der Waals surface area contributed by atoms with Crippen LogP contribution in [0.3, 0.4) is 0 Å². The molecule has 0 saturated carbocycles. The Morgan fingerprint density at radius 1 is 1.09 bits per heavy atom. The molecule has 1 heterocycles. The van der Waals surface area contributed by atoms with Gasteiger partial charge in [-0.3, -0.25) is 0 Å². The molecular weight excluding hydrogens is 290 g/mol.